The molecule has 0 aliphatic heterocycles. The van der Waals surface area contributed by atoms with Crippen LogP contribution in [0, 0.1) is 5.82 Å². The lowest BCUT2D eigenvalue weighted by molar-refractivity contribution is 0.252. The Bertz CT molecular complexity index is 530. The third kappa shape index (κ3) is 3.68. The van der Waals surface area contributed by atoms with E-state index in [0.717, 1.165) is 18.2 Å². The van der Waals surface area contributed by atoms with Crippen LogP contribution in [0.15, 0.2) is 23.1 Å². The molecule has 17 heavy (non-hydrogen) atoms. The van der Waals surface area contributed by atoms with E-state index in [9.17, 15) is 17.6 Å². The summed E-state index contributed by atoms with van der Waals surface area (Å²) < 4.78 is 35.4. The van der Waals surface area contributed by atoms with Crippen LogP contribution in [0.3, 0.4) is 0 Å². The summed E-state index contributed by atoms with van der Waals surface area (Å²) in [4.78, 5) is 10.9. The van der Waals surface area contributed by atoms with Gasteiger partial charge < -0.3 is 10.6 Å². The molecule has 0 saturated carbocycles. The highest BCUT2D eigenvalue weighted by Gasteiger charge is 2.12. The number of sulfonamides is 1. The summed E-state index contributed by atoms with van der Waals surface area (Å²) in [5.74, 6) is -0.747. The van der Waals surface area contributed by atoms with Crippen LogP contribution in [0.5, 0.6) is 0 Å². The van der Waals surface area contributed by atoms with Gasteiger partial charge in [-0.1, -0.05) is 0 Å². The zero-order valence-electron chi connectivity index (χ0n) is 9.03. The van der Waals surface area contributed by atoms with Crippen molar-refractivity contribution >= 4 is 21.7 Å². The number of anilines is 1. The maximum atomic E-state index is 13.3. The first-order chi connectivity index (χ1) is 7.84. The lowest BCUT2D eigenvalue weighted by atomic mass is 10.3. The minimum absolute atomic E-state index is 0.248. The number of primary sulfonamides is 1. The fraction of sp³-hybridized carbons (Fsp3) is 0.222. The molecule has 1 aromatic rings. The highest BCUT2D eigenvalue weighted by Crippen LogP contribution is 2.18. The maximum absolute atomic E-state index is 13.3. The number of halogens is 1. The number of urea groups is 1. The summed E-state index contributed by atoms with van der Waals surface area (Å²) in [7, 11) is -3.93. The molecule has 1 rings (SSSR count). The number of amides is 2. The smallest absolute Gasteiger partial charge is 0.319 e. The molecule has 4 N–H and O–H groups in total. The first-order valence-electron chi connectivity index (χ1n) is 4.71. The predicted octanol–water partition coefficient (Wildman–Crippen LogP) is 0.615. The zero-order valence-corrected chi connectivity index (χ0v) is 9.84. The van der Waals surface area contributed by atoms with Crippen molar-refractivity contribution in [3.05, 3.63) is 24.0 Å². The van der Waals surface area contributed by atoms with E-state index in [2.05, 4.69) is 10.6 Å². The second kappa shape index (κ2) is 5.11. The summed E-state index contributed by atoms with van der Waals surface area (Å²) in [5, 5.41) is 9.45. The number of carbonyl (C=O) groups excluding carboxylic acids is 1. The van der Waals surface area contributed by atoms with Crippen molar-refractivity contribution in [2.75, 3.05) is 11.9 Å². The Balaban J connectivity index is 3.03. The Morgan fingerprint density at radius 2 is 2.12 bits per heavy atom. The molecule has 0 aliphatic rings. The van der Waals surface area contributed by atoms with Crippen LogP contribution >= 0.6 is 0 Å². The van der Waals surface area contributed by atoms with Crippen molar-refractivity contribution in [1.82, 2.24) is 5.32 Å². The highest BCUT2D eigenvalue weighted by molar-refractivity contribution is 7.89. The van der Waals surface area contributed by atoms with Gasteiger partial charge in [0.2, 0.25) is 10.0 Å². The first kappa shape index (κ1) is 13.4. The fourth-order valence-electron chi connectivity index (χ4n) is 1.10. The largest absolute Gasteiger partial charge is 0.338 e. The molecule has 0 heterocycles. The topological polar surface area (TPSA) is 101 Å². The van der Waals surface area contributed by atoms with Gasteiger partial charge in [-0.15, -0.1) is 0 Å². The van der Waals surface area contributed by atoms with E-state index in [4.69, 9.17) is 5.14 Å². The van der Waals surface area contributed by atoms with Crippen LogP contribution in [0.2, 0.25) is 0 Å². The number of benzene rings is 1. The van der Waals surface area contributed by atoms with Gasteiger partial charge in [-0.2, -0.15) is 0 Å². The molecule has 2 amide bonds. The highest BCUT2D eigenvalue weighted by atomic mass is 32.2. The third-order valence-corrected chi connectivity index (χ3v) is 2.76. The molecule has 0 aromatic heterocycles. The molecule has 8 heteroatoms. The van der Waals surface area contributed by atoms with Crippen molar-refractivity contribution in [2.45, 2.75) is 11.8 Å². The normalized spacial score (nSPS) is 11.0. The number of rotatable bonds is 3. The van der Waals surface area contributed by atoms with Gasteiger partial charge in [-0.05, 0) is 25.1 Å². The number of hydrogen-bond donors (Lipinski definition) is 3. The van der Waals surface area contributed by atoms with E-state index in [1.807, 2.05) is 0 Å². The SMILES string of the molecule is CCNC(=O)Nc1cc(S(N)(=O)=O)ccc1F. The number of nitrogens with one attached hydrogen (secondary N) is 2. The van der Waals surface area contributed by atoms with Crippen LogP contribution in [0.1, 0.15) is 6.92 Å². The van der Waals surface area contributed by atoms with Gasteiger partial charge in [0.05, 0.1) is 10.6 Å². The standard InChI is InChI=1S/C9H12FN3O3S/c1-2-12-9(14)13-8-5-6(17(11,15)16)3-4-7(8)10/h3-5H,2H2,1H3,(H2,11,15,16)(H2,12,13,14). The average molecular weight is 261 g/mol. The van der Waals surface area contributed by atoms with Crippen molar-refractivity contribution in [2.24, 2.45) is 5.14 Å². The van der Waals surface area contributed by atoms with Gasteiger partial charge in [0.25, 0.3) is 0 Å². The molecule has 0 spiro atoms. The van der Waals surface area contributed by atoms with Gasteiger partial charge in [0.15, 0.2) is 0 Å². The van der Waals surface area contributed by atoms with Crippen LogP contribution < -0.4 is 15.8 Å². The maximum Gasteiger partial charge on any atom is 0.319 e. The first-order valence-corrected chi connectivity index (χ1v) is 6.26. The van der Waals surface area contributed by atoms with Gasteiger partial charge in [0.1, 0.15) is 5.82 Å². The molecule has 1 aromatic carbocycles. The van der Waals surface area contributed by atoms with Gasteiger partial charge in [0, 0.05) is 6.54 Å². The summed E-state index contributed by atoms with van der Waals surface area (Å²) >= 11 is 0. The lowest BCUT2D eigenvalue weighted by Crippen LogP contribution is -2.28. The minimum atomic E-state index is -3.93. The Kier molecular flexibility index (Phi) is 4.02. The van der Waals surface area contributed by atoms with Crippen molar-refractivity contribution < 1.29 is 17.6 Å². The van der Waals surface area contributed by atoms with Gasteiger partial charge in [-0.25, -0.2) is 22.7 Å². The average Bonchev–Trinajstić information content (AvgIpc) is 2.20. The molecule has 0 bridgehead atoms. The lowest BCUT2D eigenvalue weighted by Gasteiger charge is -2.08. The van der Waals surface area contributed by atoms with Crippen LogP contribution in [0.4, 0.5) is 14.9 Å². The molecular weight excluding hydrogens is 249 g/mol. The molecule has 6 nitrogen and oxygen atoms in total. The second-order valence-corrected chi connectivity index (χ2v) is 4.73. The third-order valence-electron chi connectivity index (χ3n) is 1.85. The van der Waals surface area contributed by atoms with E-state index < -0.39 is 21.9 Å². The number of carbonyl (C=O) groups is 1. The second-order valence-electron chi connectivity index (χ2n) is 3.17. The van der Waals surface area contributed by atoms with Gasteiger partial charge >= 0.3 is 6.03 Å². The Morgan fingerprint density at radius 1 is 1.47 bits per heavy atom. The summed E-state index contributed by atoms with van der Waals surface area (Å²) in [6, 6.07) is 2.27. The molecule has 0 radical (unpaired) electrons. The number of hydrogen-bond acceptors (Lipinski definition) is 3. The summed E-state index contributed by atoms with van der Waals surface area (Å²) in [6.45, 7) is 2.05. The Morgan fingerprint density at radius 3 is 2.65 bits per heavy atom. The van der Waals surface area contributed by atoms with E-state index in [0.29, 0.717) is 6.54 Å². The molecule has 0 aliphatic carbocycles. The summed E-state index contributed by atoms with van der Waals surface area (Å²) in [5.41, 5.74) is -0.248. The molecule has 0 fully saturated rings. The van der Waals surface area contributed by atoms with Crippen LogP contribution in [-0.4, -0.2) is 21.0 Å². The summed E-state index contributed by atoms with van der Waals surface area (Å²) in [6.07, 6.45) is 0. The van der Waals surface area contributed by atoms with E-state index in [1.165, 1.54) is 0 Å². The Hall–Kier alpha value is -1.67. The van der Waals surface area contributed by atoms with Crippen molar-refractivity contribution in [1.29, 1.82) is 0 Å². The molecular formula is C9H12FN3O3S. The quantitative estimate of drug-likeness (QED) is 0.743. The van der Waals surface area contributed by atoms with Crippen molar-refractivity contribution in [3.63, 3.8) is 0 Å². The fourth-order valence-corrected chi connectivity index (χ4v) is 1.64. The number of nitrogens with two attached hydrogens (primary N) is 1. The van der Waals surface area contributed by atoms with E-state index in [-0.39, 0.29) is 10.6 Å². The van der Waals surface area contributed by atoms with E-state index in [1.54, 1.807) is 6.92 Å². The molecule has 0 atom stereocenters. The Labute approximate surface area is 98.1 Å². The van der Waals surface area contributed by atoms with E-state index >= 15 is 0 Å². The molecule has 94 valence electrons. The molecule has 0 saturated heterocycles. The van der Waals surface area contributed by atoms with Crippen LogP contribution in [-0.2, 0) is 10.0 Å². The predicted molar refractivity (Wildman–Crippen MR) is 60.5 cm³/mol. The zero-order chi connectivity index (χ0) is 13.1. The van der Waals surface area contributed by atoms with Gasteiger partial charge in [-0.3, -0.25) is 0 Å². The monoisotopic (exact) mass is 261 g/mol. The van der Waals surface area contributed by atoms with Crippen molar-refractivity contribution in [3.8, 4) is 0 Å². The van der Waals surface area contributed by atoms with Crippen LogP contribution in [0.25, 0.3) is 0 Å². The minimum Gasteiger partial charge on any atom is -0.338 e. The molecule has 0 unspecified atom stereocenters.